The van der Waals surface area contributed by atoms with Gasteiger partial charge in [0.1, 0.15) is 23.0 Å². The normalized spacial score (nSPS) is 11.0. The maximum atomic E-state index is 13.2. The van der Waals surface area contributed by atoms with Gasteiger partial charge in [-0.1, -0.05) is 23.8 Å². The van der Waals surface area contributed by atoms with Crippen LogP contribution in [-0.2, 0) is 0 Å². The van der Waals surface area contributed by atoms with E-state index in [1.54, 1.807) is 10.5 Å². The molecule has 0 fully saturated rings. The van der Waals surface area contributed by atoms with Crippen LogP contribution in [0.4, 0.5) is 10.2 Å². The molecule has 0 bridgehead atoms. The number of hydrogen-bond acceptors (Lipinski definition) is 2. The van der Waals surface area contributed by atoms with Crippen molar-refractivity contribution in [2.24, 2.45) is 0 Å². The molecule has 0 aliphatic rings. The molecule has 0 atom stereocenters. The van der Waals surface area contributed by atoms with Crippen LogP contribution in [0.15, 0.2) is 42.6 Å². The van der Waals surface area contributed by atoms with E-state index in [4.69, 9.17) is 5.73 Å². The summed E-state index contributed by atoms with van der Waals surface area (Å²) in [4.78, 5) is 4.44. The lowest BCUT2D eigenvalue weighted by Gasteiger charge is -2.00. The first kappa shape index (κ1) is 10.8. The zero-order valence-electron chi connectivity index (χ0n) is 9.89. The van der Waals surface area contributed by atoms with E-state index < -0.39 is 0 Å². The molecule has 3 rings (SSSR count). The second kappa shape index (κ2) is 3.84. The zero-order chi connectivity index (χ0) is 12.7. The molecular formula is C14H12FN3. The van der Waals surface area contributed by atoms with Crippen LogP contribution in [0.5, 0.6) is 0 Å². The van der Waals surface area contributed by atoms with E-state index in [9.17, 15) is 4.39 Å². The Morgan fingerprint density at radius 3 is 2.83 bits per heavy atom. The van der Waals surface area contributed by atoms with Crippen LogP contribution in [0.25, 0.3) is 16.9 Å². The van der Waals surface area contributed by atoms with Gasteiger partial charge in [0.2, 0.25) is 0 Å². The minimum atomic E-state index is -0.331. The molecule has 18 heavy (non-hydrogen) atoms. The fraction of sp³-hybridized carbons (Fsp3) is 0.0714. The Labute approximate surface area is 104 Å². The van der Waals surface area contributed by atoms with Crippen LogP contribution in [0.2, 0.25) is 0 Å². The van der Waals surface area contributed by atoms with Gasteiger partial charge in [-0.25, -0.2) is 9.37 Å². The number of rotatable bonds is 1. The van der Waals surface area contributed by atoms with Gasteiger partial charge in [0.15, 0.2) is 0 Å². The highest BCUT2D eigenvalue weighted by Gasteiger charge is 2.11. The van der Waals surface area contributed by atoms with Crippen molar-refractivity contribution in [3.63, 3.8) is 0 Å². The summed E-state index contributed by atoms with van der Waals surface area (Å²) in [7, 11) is 0. The first-order valence-corrected chi connectivity index (χ1v) is 5.65. The monoisotopic (exact) mass is 241 g/mol. The number of aromatic nitrogens is 2. The van der Waals surface area contributed by atoms with E-state index in [2.05, 4.69) is 4.98 Å². The van der Waals surface area contributed by atoms with Crippen LogP contribution in [0.3, 0.4) is 0 Å². The minimum Gasteiger partial charge on any atom is -0.383 e. The molecule has 0 saturated carbocycles. The Bertz CT molecular complexity index is 731. The molecule has 4 heteroatoms. The third kappa shape index (κ3) is 1.62. The number of benzene rings is 1. The van der Waals surface area contributed by atoms with Crippen LogP contribution in [0, 0.1) is 12.7 Å². The fourth-order valence-corrected chi connectivity index (χ4v) is 2.04. The third-order valence-corrected chi connectivity index (χ3v) is 2.91. The summed E-state index contributed by atoms with van der Waals surface area (Å²) in [5, 5.41) is 0. The van der Waals surface area contributed by atoms with Crippen molar-refractivity contribution in [3.05, 3.63) is 54.0 Å². The predicted molar refractivity (Wildman–Crippen MR) is 69.7 cm³/mol. The molecule has 0 aliphatic carbocycles. The van der Waals surface area contributed by atoms with Crippen molar-refractivity contribution in [1.82, 2.24) is 9.38 Å². The Morgan fingerprint density at radius 1 is 1.22 bits per heavy atom. The zero-order valence-corrected chi connectivity index (χ0v) is 9.89. The van der Waals surface area contributed by atoms with Gasteiger partial charge in [-0.3, -0.25) is 4.40 Å². The lowest BCUT2D eigenvalue weighted by atomic mass is 10.1. The standard InChI is InChI=1S/C14H12FN3/c1-9-3-2-4-10(7-9)13-14(16)18-8-11(15)5-6-12(18)17-13/h2-8H,16H2,1H3. The van der Waals surface area contributed by atoms with Crippen LogP contribution in [0.1, 0.15) is 5.56 Å². The topological polar surface area (TPSA) is 43.3 Å². The van der Waals surface area contributed by atoms with Crippen LogP contribution >= 0.6 is 0 Å². The van der Waals surface area contributed by atoms with Crippen molar-refractivity contribution in [3.8, 4) is 11.3 Å². The van der Waals surface area contributed by atoms with E-state index in [1.165, 1.54) is 12.3 Å². The molecule has 2 heterocycles. The smallest absolute Gasteiger partial charge is 0.140 e. The summed E-state index contributed by atoms with van der Waals surface area (Å²) in [5.41, 5.74) is 9.43. The number of imidazole rings is 1. The number of nitrogen functional groups attached to an aromatic ring is 1. The Morgan fingerprint density at radius 2 is 2.06 bits per heavy atom. The van der Waals surface area contributed by atoms with Gasteiger partial charge in [-0.2, -0.15) is 0 Å². The SMILES string of the molecule is Cc1cccc(-c2nc3ccc(F)cn3c2N)c1. The molecule has 3 aromatic rings. The molecule has 0 spiro atoms. The van der Waals surface area contributed by atoms with Gasteiger partial charge in [-0.15, -0.1) is 0 Å². The number of pyridine rings is 1. The van der Waals surface area contributed by atoms with Crippen LogP contribution in [-0.4, -0.2) is 9.38 Å². The molecule has 1 aromatic carbocycles. The van der Waals surface area contributed by atoms with E-state index in [1.807, 2.05) is 31.2 Å². The number of anilines is 1. The summed E-state index contributed by atoms with van der Waals surface area (Å²) in [6.07, 6.45) is 1.34. The van der Waals surface area contributed by atoms with E-state index in [0.717, 1.165) is 11.1 Å². The summed E-state index contributed by atoms with van der Waals surface area (Å²) < 4.78 is 14.8. The van der Waals surface area contributed by atoms with Gasteiger partial charge in [-0.05, 0) is 25.1 Å². The molecule has 0 aliphatic heterocycles. The molecule has 0 unspecified atom stereocenters. The highest BCUT2D eigenvalue weighted by Crippen LogP contribution is 2.27. The van der Waals surface area contributed by atoms with Gasteiger partial charge in [0.05, 0.1) is 0 Å². The maximum Gasteiger partial charge on any atom is 0.140 e. The maximum absolute atomic E-state index is 13.2. The molecule has 3 nitrogen and oxygen atoms in total. The average molecular weight is 241 g/mol. The Hall–Kier alpha value is -2.36. The molecular weight excluding hydrogens is 229 g/mol. The molecule has 2 N–H and O–H groups in total. The lowest BCUT2D eigenvalue weighted by molar-refractivity contribution is 0.619. The van der Waals surface area contributed by atoms with Crippen molar-refractivity contribution in [2.75, 3.05) is 5.73 Å². The molecule has 0 radical (unpaired) electrons. The lowest BCUT2D eigenvalue weighted by Crippen LogP contribution is -1.94. The summed E-state index contributed by atoms with van der Waals surface area (Å²) in [6, 6.07) is 10.9. The van der Waals surface area contributed by atoms with Crippen molar-refractivity contribution < 1.29 is 4.39 Å². The number of nitrogens with zero attached hydrogens (tertiary/aromatic N) is 2. The highest BCUT2D eigenvalue weighted by molar-refractivity contribution is 5.75. The predicted octanol–water partition coefficient (Wildman–Crippen LogP) is 3.03. The number of aryl methyl sites for hydroxylation is 1. The van der Waals surface area contributed by atoms with E-state index in [0.29, 0.717) is 17.2 Å². The second-order valence-electron chi connectivity index (χ2n) is 4.29. The Kier molecular flexibility index (Phi) is 2.30. The van der Waals surface area contributed by atoms with Gasteiger partial charge in [0.25, 0.3) is 0 Å². The van der Waals surface area contributed by atoms with Crippen LogP contribution < -0.4 is 5.73 Å². The quantitative estimate of drug-likeness (QED) is 0.711. The number of fused-ring (bicyclic) bond motifs is 1. The Balaban J connectivity index is 2.27. The number of nitrogens with two attached hydrogens (primary N) is 1. The minimum absolute atomic E-state index is 0.331. The summed E-state index contributed by atoms with van der Waals surface area (Å²) in [6.45, 7) is 2.01. The van der Waals surface area contributed by atoms with Gasteiger partial charge < -0.3 is 5.73 Å². The van der Waals surface area contributed by atoms with E-state index >= 15 is 0 Å². The summed E-state index contributed by atoms with van der Waals surface area (Å²) >= 11 is 0. The first-order chi connectivity index (χ1) is 8.65. The third-order valence-electron chi connectivity index (χ3n) is 2.91. The summed E-state index contributed by atoms with van der Waals surface area (Å²) in [5.74, 6) is 0.123. The number of hydrogen-bond donors (Lipinski definition) is 1. The number of halogens is 1. The molecule has 90 valence electrons. The second-order valence-corrected chi connectivity index (χ2v) is 4.29. The molecule has 2 aromatic heterocycles. The molecule has 0 saturated heterocycles. The fourth-order valence-electron chi connectivity index (χ4n) is 2.04. The average Bonchev–Trinajstić information content (AvgIpc) is 2.67. The van der Waals surface area contributed by atoms with E-state index in [-0.39, 0.29) is 5.82 Å². The van der Waals surface area contributed by atoms with Crippen molar-refractivity contribution >= 4 is 11.5 Å². The molecule has 0 amide bonds. The van der Waals surface area contributed by atoms with Crippen molar-refractivity contribution in [1.29, 1.82) is 0 Å². The highest BCUT2D eigenvalue weighted by atomic mass is 19.1. The van der Waals surface area contributed by atoms with Gasteiger partial charge in [0, 0.05) is 11.8 Å². The van der Waals surface area contributed by atoms with Crippen molar-refractivity contribution in [2.45, 2.75) is 6.92 Å². The first-order valence-electron chi connectivity index (χ1n) is 5.65. The largest absolute Gasteiger partial charge is 0.383 e. The van der Waals surface area contributed by atoms with Gasteiger partial charge >= 0.3 is 0 Å².